The van der Waals surface area contributed by atoms with E-state index in [1.54, 1.807) is 0 Å². The molecule has 1 saturated heterocycles. The summed E-state index contributed by atoms with van der Waals surface area (Å²) in [6.07, 6.45) is 1.19. The molecule has 1 fully saturated rings. The summed E-state index contributed by atoms with van der Waals surface area (Å²) >= 11 is 0. The van der Waals surface area contributed by atoms with Crippen LogP contribution in [0.2, 0.25) is 0 Å². The van der Waals surface area contributed by atoms with Crippen LogP contribution in [0.3, 0.4) is 0 Å². The highest BCUT2D eigenvalue weighted by molar-refractivity contribution is 5.90. The second kappa shape index (κ2) is 5.28. The molecule has 1 aromatic heterocycles. The zero-order valence-electron chi connectivity index (χ0n) is 12.0. The van der Waals surface area contributed by atoms with Crippen molar-refractivity contribution in [1.82, 2.24) is 20.5 Å². The van der Waals surface area contributed by atoms with Crippen molar-refractivity contribution >= 4 is 5.91 Å². The van der Waals surface area contributed by atoms with Gasteiger partial charge < -0.3 is 10.1 Å². The van der Waals surface area contributed by atoms with Crippen molar-refractivity contribution < 1.29 is 9.53 Å². The van der Waals surface area contributed by atoms with Crippen molar-refractivity contribution in [2.75, 3.05) is 13.2 Å². The van der Waals surface area contributed by atoms with Gasteiger partial charge in [-0.05, 0) is 13.3 Å². The predicted octanol–water partition coefficient (Wildman–Crippen LogP) is 1.26. The van der Waals surface area contributed by atoms with Gasteiger partial charge in [-0.2, -0.15) is 0 Å². The van der Waals surface area contributed by atoms with Gasteiger partial charge in [-0.15, -0.1) is 5.10 Å². The number of hydrogen-bond acceptors (Lipinski definition) is 4. The molecule has 2 rings (SSSR count). The third-order valence-corrected chi connectivity index (χ3v) is 3.46. The van der Waals surface area contributed by atoms with E-state index in [1.165, 1.54) is 0 Å². The Morgan fingerprint density at radius 2 is 2.26 bits per heavy atom. The molecule has 2 unspecified atom stereocenters. The first kappa shape index (κ1) is 14.0. The molecule has 1 amide bonds. The van der Waals surface area contributed by atoms with Crippen LogP contribution in [0.4, 0.5) is 0 Å². The summed E-state index contributed by atoms with van der Waals surface area (Å²) in [5, 5.41) is 9.66. The van der Waals surface area contributed by atoms with Crippen molar-refractivity contribution in [3.8, 4) is 0 Å². The van der Waals surface area contributed by atoms with Gasteiger partial charge in [-0.1, -0.05) is 20.8 Å². The molecule has 0 aliphatic carbocycles. The standard InChI is InChI=1S/C13H22N4O2/c1-8-9(5-6-19-8)7-14-11(18)10-15-12(17-16-10)13(2,3)4/h8-9H,5-7H2,1-4H3,(H,14,18)(H,15,16,17). The fourth-order valence-electron chi connectivity index (χ4n) is 2.05. The second-order valence-electron chi connectivity index (χ2n) is 6.09. The van der Waals surface area contributed by atoms with Gasteiger partial charge in [0.15, 0.2) is 0 Å². The van der Waals surface area contributed by atoms with Gasteiger partial charge in [-0.3, -0.25) is 9.89 Å². The smallest absolute Gasteiger partial charge is 0.290 e. The third-order valence-electron chi connectivity index (χ3n) is 3.46. The largest absolute Gasteiger partial charge is 0.378 e. The molecule has 0 saturated carbocycles. The minimum atomic E-state index is -0.231. The first-order chi connectivity index (χ1) is 8.88. The highest BCUT2D eigenvalue weighted by atomic mass is 16.5. The number of carbonyl (C=O) groups is 1. The minimum absolute atomic E-state index is 0.140. The Kier molecular flexibility index (Phi) is 3.89. The maximum absolute atomic E-state index is 12.0. The van der Waals surface area contributed by atoms with E-state index in [1.807, 2.05) is 27.7 Å². The summed E-state index contributed by atoms with van der Waals surface area (Å²) in [6.45, 7) is 9.48. The summed E-state index contributed by atoms with van der Waals surface area (Å²) in [5.41, 5.74) is -0.140. The van der Waals surface area contributed by atoms with Gasteiger partial charge in [-0.25, -0.2) is 4.98 Å². The number of ether oxygens (including phenoxy) is 1. The number of amides is 1. The first-order valence-electron chi connectivity index (χ1n) is 6.70. The van der Waals surface area contributed by atoms with Crippen LogP contribution >= 0.6 is 0 Å². The van der Waals surface area contributed by atoms with Crippen LogP contribution in [0.15, 0.2) is 0 Å². The number of aromatic amines is 1. The lowest BCUT2D eigenvalue weighted by Gasteiger charge is -2.14. The van der Waals surface area contributed by atoms with E-state index in [0.29, 0.717) is 12.5 Å². The minimum Gasteiger partial charge on any atom is -0.378 e. The molecule has 2 atom stereocenters. The van der Waals surface area contributed by atoms with Crippen molar-refractivity contribution in [2.45, 2.75) is 45.6 Å². The molecule has 0 bridgehead atoms. The Labute approximate surface area is 113 Å². The number of rotatable bonds is 3. The molecular weight excluding hydrogens is 244 g/mol. The Balaban J connectivity index is 1.91. The molecule has 0 spiro atoms. The molecule has 1 aliphatic rings. The van der Waals surface area contributed by atoms with Crippen LogP contribution in [0.25, 0.3) is 0 Å². The zero-order chi connectivity index (χ0) is 14.0. The van der Waals surface area contributed by atoms with Crippen molar-refractivity contribution in [2.24, 2.45) is 5.92 Å². The third kappa shape index (κ3) is 3.32. The molecule has 0 radical (unpaired) electrons. The van der Waals surface area contributed by atoms with Gasteiger partial charge in [0.1, 0.15) is 5.82 Å². The number of carbonyl (C=O) groups excluding carboxylic acids is 1. The number of aromatic nitrogens is 3. The van der Waals surface area contributed by atoms with E-state index in [2.05, 4.69) is 20.5 Å². The monoisotopic (exact) mass is 266 g/mol. The lowest BCUT2D eigenvalue weighted by Crippen LogP contribution is -2.32. The van der Waals surface area contributed by atoms with Gasteiger partial charge >= 0.3 is 0 Å². The molecular formula is C13H22N4O2. The highest BCUT2D eigenvalue weighted by Crippen LogP contribution is 2.19. The lowest BCUT2D eigenvalue weighted by atomic mass is 9.96. The maximum atomic E-state index is 12.0. The van der Waals surface area contributed by atoms with E-state index in [4.69, 9.17) is 4.74 Å². The van der Waals surface area contributed by atoms with Crippen LogP contribution in [-0.2, 0) is 10.2 Å². The van der Waals surface area contributed by atoms with E-state index in [0.717, 1.165) is 18.9 Å². The van der Waals surface area contributed by atoms with Crippen LogP contribution < -0.4 is 5.32 Å². The molecule has 6 nitrogen and oxygen atoms in total. The van der Waals surface area contributed by atoms with Crippen molar-refractivity contribution in [1.29, 1.82) is 0 Å². The number of hydrogen-bond donors (Lipinski definition) is 2. The number of nitrogens with one attached hydrogen (secondary N) is 2. The van der Waals surface area contributed by atoms with Crippen LogP contribution in [-0.4, -0.2) is 40.3 Å². The summed E-state index contributed by atoms with van der Waals surface area (Å²) in [5.74, 6) is 1.07. The number of nitrogens with zero attached hydrogens (tertiary/aromatic N) is 2. The molecule has 6 heteroatoms. The molecule has 19 heavy (non-hydrogen) atoms. The lowest BCUT2D eigenvalue weighted by molar-refractivity contribution is 0.0899. The Morgan fingerprint density at radius 1 is 1.53 bits per heavy atom. The van der Waals surface area contributed by atoms with Gasteiger partial charge in [0.25, 0.3) is 5.91 Å². The van der Waals surface area contributed by atoms with E-state index in [9.17, 15) is 4.79 Å². The fourth-order valence-corrected chi connectivity index (χ4v) is 2.05. The number of H-pyrrole nitrogens is 1. The van der Waals surface area contributed by atoms with E-state index >= 15 is 0 Å². The topological polar surface area (TPSA) is 79.9 Å². The molecule has 2 N–H and O–H groups in total. The van der Waals surface area contributed by atoms with Gasteiger partial charge in [0, 0.05) is 24.5 Å². The molecule has 106 valence electrons. The van der Waals surface area contributed by atoms with Gasteiger partial charge in [0.05, 0.1) is 6.10 Å². The van der Waals surface area contributed by atoms with Crippen LogP contribution in [0.5, 0.6) is 0 Å². The van der Waals surface area contributed by atoms with E-state index in [-0.39, 0.29) is 23.3 Å². The molecule has 1 aromatic rings. The fraction of sp³-hybridized carbons (Fsp3) is 0.769. The van der Waals surface area contributed by atoms with Gasteiger partial charge in [0.2, 0.25) is 5.82 Å². The maximum Gasteiger partial charge on any atom is 0.290 e. The average molecular weight is 266 g/mol. The predicted molar refractivity (Wildman–Crippen MR) is 70.9 cm³/mol. The first-order valence-corrected chi connectivity index (χ1v) is 6.70. The van der Waals surface area contributed by atoms with Crippen molar-refractivity contribution in [3.05, 3.63) is 11.6 Å². The zero-order valence-corrected chi connectivity index (χ0v) is 12.0. The summed E-state index contributed by atoms with van der Waals surface area (Å²) in [7, 11) is 0. The second-order valence-corrected chi connectivity index (χ2v) is 6.09. The normalized spacial score (nSPS) is 23.6. The Bertz CT molecular complexity index is 450. The molecule has 1 aliphatic heterocycles. The summed E-state index contributed by atoms with van der Waals surface area (Å²) in [4.78, 5) is 16.2. The molecule has 0 aromatic carbocycles. The van der Waals surface area contributed by atoms with E-state index < -0.39 is 0 Å². The van der Waals surface area contributed by atoms with Crippen molar-refractivity contribution in [3.63, 3.8) is 0 Å². The summed E-state index contributed by atoms with van der Waals surface area (Å²) < 4.78 is 5.46. The SMILES string of the molecule is CC1OCCC1CNC(=O)c1n[nH]c(C(C)(C)C)n1. The Morgan fingerprint density at radius 3 is 2.79 bits per heavy atom. The molecule has 2 heterocycles. The van der Waals surface area contributed by atoms with Crippen LogP contribution in [0.1, 0.15) is 50.6 Å². The quantitative estimate of drug-likeness (QED) is 0.863. The highest BCUT2D eigenvalue weighted by Gasteiger charge is 2.26. The average Bonchev–Trinajstić information content (AvgIpc) is 2.93. The Hall–Kier alpha value is -1.43. The summed E-state index contributed by atoms with van der Waals surface area (Å²) in [6, 6.07) is 0. The van der Waals surface area contributed by atoms with Crippen LogP contribution in [0, 0.1) is 5.92 Å².